The average Bonchev–Trinajstić information content (AvgIpc) is 3.19. The van der Waals surface area contributed by atoms with Crippen molar-refractivity contribution in [3.8, 4) is 0 Å². The molecule has 2 rings (SSSR count). The van der Waals surface area contributed by atoms with Crippen molar-refractivity contribution < 1.29 is 13.2 Å². The van der Waals surface area contributed by atoms with Crippen LogP contribution < -0.4 is 10.6 Å². The second-order valence-corrected chi connectivity index (χ2v) is 7.69. The van der Waals surface area contributed by atoms with Gasteiger partial charge in [0.1, 0.15) is 5.01 Å². The molecule has 144 valence electrons. The molecule has 0 fully saturated rings. The van der Waals surface area contributed by atoms with E-state index in [2.05, 4.69) is 39.4 Å². The van der Waals surface area contributed by atoms with Crippen molar-refractivity contribution in [2.45, 2.75) is 46.3 Å². The van der Waals surface area contributed by atoms with Crippen molar-refractivity contribution in [3.05, 3.63) is 31.7 Å². The minimum Gasteiger partial charge on any atom is -0.357 e. The van der Waals surface area contributed by atoms with Crippen LogP contribution in [0.5, 0.6) is 0 Å². The standard InChI is InChI=1S/C16H22F3N5S2/c1-4-11-10(3)26-13(23-11)6-7-21-15(20-5-2)22-8-14-24-12(9-25-14)16(17,18)19/h9H,4-8H2,1-3H3,(H2,20,21,22). The molecule has 0 amide bonds. The van der Waals surface area contributed by atoms with E-state index in [9.17, 15) is 13.2 Å². The molecule has 2 heterocycles. The van der Waals surface area contributed by atoms with Crippen molar-refractivity contribution in [1.29, 1.82) is 0 Å². The molecule has 10 heteroatoms. The van der Waals surface area contributed by atoms with Gasteiger partial charge in [-0.1, -0.05) is 6.92 Å². The third-order valence-corrected chi connectivity index (χ3v) is 5.37. The van der Waals surface area contributed by atoms with Gasteiger partial charge in [0.2, 0.25) is 0 Å². The first-order valence-corrected chi connectivity index (χ1v) is 10.0. The van der Waals surface area contributed by atoms with Gasteiger partial charge in [0.05, 0.1) is 17.2 Å². The van der Waals surface area contributed by atoms with Gasteiger partial charge in [0.25, 0.3) is 0 Å². The quantitative estimate of drug-likeness (QED) is 0.544. The molecule has 0 atom stereocenters. The summed E-state index contributed by atoms with van der Waals surface area (Å²) in [6, 6.07) is 0. The van der Waals surface area contributed by atoms with Crippen LogP contribution in [0, 0.1) is 6.92 Å². The fourth-order valence-electron chi connectivity index (χ4n) is 2.21. The largest absolute Gasteiger partial charge is 0.434 e. The highest BCUT2D eigenvalue weighted by atomic mass is 32.1. The molecule has 2 aromatic heterocycles. The Hall–Kier alpha value is -1.68. The van der Waals surface area contributed by atoms with Crippen LogP contribution in [0.25, 0.3) is 0 Å². The molecule has 5 nitrogen and oxygen atoms in total. The predicted molar refractivity (Wildman–Crippen MR) is 99.9 cm³/mol. The average molecular weight is 406 g/mol. The Balaban J connectivity index is 1.90. The van der Waals surface area contributed by atoms with E-state index in [0.717, 1.165) is 40.3 Å². The molecule has 2 aromatic rings. The number of guanidine groups is 1. The highest BCUT2D eigenvalue weighted by Crippen LogP contribution is 2.30. The van der Waals surface area contributed by atoms with Gasteiger partial charge in [0, 0.05) is 29.8 Å². The van der Waals surface area contributed by atoms with Crippen molar-refractivity contribution in [2.24, 2.45) is 4.99 Å². The summed E-state index contributed by atoms with van der Waals surface area (Å²) in [7, 11) is 0. The summed E-state index contributed by atoms with van der Waals surface area (Å²) < 4.78 is 37.7. The number of halogens is 3. The Labute approximate surface area is 158 Å². The normalized spacial score (nSPS) is 12.5. The molecular weight excluding hydrogens is 383 g/mol. The zero-order valence-electron chi connectivity index (χ0n) is 14.9. The van der Waals surface area contributed by atoms with Gasteiger partial charge in [-0.25, -0.2) is 15.0 Å². The van der Waals surface area contributed by atoms with Gasteiger partial charge in [0.15, 0.2) is 11.7 Å². The number of nitrogens with zero attached hydrogens (tertiary/aromatic N) is 3. The summed E-state index contributed by atoms with van der Waals surface area (Å²) >= 11 is 2.65. The van der Waals surface area contributed by atoms with E-state index < -0.39 is 11.9 Å². The second-order valence-electron chi connectivity index (χ2n) is 5.46. The lowest BCUT2D eigenvalue weighted by Crippen LogP contribution is -2.38. The van der Waals surface area contributed by atoms with Gasteiger partial charge < -0.3 is 10.6 Å². The third kappa shape index (κ3) is 5.94. The van der Waals surface area contributed by atoms with E-state index in [-0.39, 0.29) is 6.54 Å². The molecule has 0 aromatic carbocycles. The fourth-order valence-corrected chi connectivity index (χ4v) is 3.96. The summed E-state index contributed by atoms with van der Waals surface area (Å²) in [4.78, 5) is 13.7. The second kappa shape index (κ2) is 9.31. The Morgan fingerprint density at radius 1 is 1.19 bits per heavy atom. The van der Waals surface area contributed by atoms with Crippen molar-refractivity contribution in [2.75, 3.05) is 13.1 Å². The first-order valence-electron chi connectivity index (χ1n) is 8.32. The molecule has 0 aliphatic heterocycles. The van der Waals surface area contributed by atoms with Crippen LogP contribution in [-0.2, 0) is 25.6 Å². The summed E-state index contributed by atoms with van der Waals surface area (Å²) in [5, 5.41) is 8.68. The number of rotatable bonds is 7. The lowest BCUT2D eigenvalue weighted by atomic mass is 10.3. The summed E-state index contributed by atoms with van der Waals surface area (Å²) in [5.74, 6) is 0.556. The zero-order chi connectivity index (χ0) is 19.2. The number of aromatic nitrogens is 2. The van der Waals surface area contributed by atoms with Crippen molar-refractivity contribution >= 4 is 28.6 Å². The minimum absolute atomic E-state index is 0.104. The zero-order valence-corrected chi connectivity index (χ0v) is 16.5. The van der Waals surface area contributed by atoms with E-state index >= 15 is 0 Å². The number of aryl methyl sites for hydroxylation is 2. The summed E-state index contributed by atoms with van der Waals surface area (Å²) in [5.41, 5.74) is 0.270. The van der Waals surface area contributed by atoms with E-state index in [1.165, 1.54) is 4.88 Å². The molecule has 0 spiro atoms. The number of hydrogen-bond acceptors (Lipinski definition) is 5. The van der Waals surface area contributed by atoms with Crippen LogP contribution in [0.3, 0.4) is 0 Å². The molecular formula is C16H22F3N5S2. The van der Waals surface area contributed by atoms with Crippen LogP contribution in [0.4, 0.5) is 13.2 Å². The molecule has 0 saturated heterocycles. The van der Waals surface area contributed by atoms with E-state index in [1.54, 1.807) is 11.3 Å². The van der Waals surface area contributed by atoms with Gasteiger partial charge in [-0.2, -0.15) is 13.2 Å². The van der Waals surface area contributed by atoms with Crippen LogP contribution >= 0.6 is 22.7 Å². The maximum atomic E-state index is 12.6. The number of hydrogen-bond donors (Lipinski definition) is 2. The van der Waals surface area contributed by atoms with Crippen molar-refractivity contribution in [1.82, 2.24) is 20.6 Å². The molecule has 0 unspecified atom stereocenters. The minimum atomic E-state index is -4.41. The number of nitrogens with one attached hydrogen (secondary N) is 2. The highest BCUT2D eigenvalue weighted by molar-refractivity contribution is 7.11. The van der Waals surface area contributed by atoms with E-state index in [0.29, 0.717) is 24.1 Å². The third-order valence-electron chi connectivity index (χ3n) is 3.46. The van der Waals surface area contributed by atoms with E-state index in [4.69, 9.17) is 0 Å². The summed E-state index contributed by atoms with van der Waals surface area (Å²) in [6.07, 6.45) is -2.72. The van der Waals surface area contributed by atoms with Gasteiger partial charge in [-0.05, 0) is 20.3 Å². The maximum absolute atomic E-state index is 12.6. The van der Waals surface area contributed by atoms with Crippen LogP contribution in [0.15, 0.2) is 10.4 Å². The molecule has 0 aliphatic rings. The Morgan fingerprint density at radius 3 is 2.54 bits per heavy atom. The smallest absolute Gasteiger partial charge is 0.357 e. The molecule has 0 aliphatic carbocycles. The Kier molecular flexibility index (Phi) is 7.39. The molecule has 26 heavy (non-hydrogen) atoms. The summed E-state index contributed by atoms with van der Waals surface area (Å²) in [6.45, 7) is 7.50. The Morgan fingerprint density at radius 2 is 1.96 bits per heavy atom. The monoisotopic (exact) mass is 405 g/mol. The first-order chi connectivity index (χ1) is 12.3. The van der Waals surface area contributed by atoms with Gasteiger partial charge in [-0.15, -0.1) is 22.7 Å². The van der Waals surface area contributed by atoms with Gasteiger partial charge >= 0.3 is 6.18 Å². The van der Waals surface area contributed by atoms with Crippen LogP contribution in [-0.4, -0.2) is 29.0 Å². The number of alkyl halides is 3. The van der Waals surface area contributed by atoms with Crippen LogP contribution in [0.1, 0.15) is 40.1 Å². The topological polar surface area (TPSA) is 62.2 Å². The molecule has 2 N–H and O–H groups in total. The SMILES string of the molecule is CCNC(=NCc1nc(C(F)(F)F)cs1)NCCc1nc(CC)c(C)s1. The van der Waals surface area contributed by atoms with Crippen LogP contribution in [0.2, 0.25) is 0 Å². The Bertz CT molecular complexity index is 737. The molecule has 0 bridgehead atoms. The number of aliphatic imine (C=N–C) groups is 1. The van der Waals surface area contributed by atoms with E-state index in [1.807, 2.05) is 6.92 Å². The fraction of sp³-hybridized carbons (Fsp3) is 0.562. The van der Waals surface area contributed by atoms with Gasteiger partial charge in [-0.3, -0.25) is 0 Å². The highest BCUT2D eigenvalue weighted by Gasteiger charge is 2.33. The lowest BCUT2D eigenvalue weighted by molar-refractivity contribution is -0.140. The maximum Gasteiger partial charge on any atom is 0.434 e. The lowest BCUT2D eigenvalue weighted by Gasteiger charge is -2.10. The molecule has 0 radical (unpaired) electrons. The number of thiazole rings is 2. The predicted octanol–water partition coefficient (Wildman–Crippen LogP) is 3.79. The molecule has 0 saturated carbocycles. The first kappa shape index (κ1) is 20.6. The van der Waals surface area contributed by atoms with Crippen molar-refractivity contribution in [3.63, 3.8) is 0 Å².